The Labute approximate surface area is 135 Å². The van der Waals surface area contributed by atoms with E-state index in [4.69, 9.17) is 10.5 Å². The summed E-state index contributed by atoms with van der Waals surface area (Å²) < 4.78 is 32.8. The Bertz CT molecular complexity index is 728. The van der Waals surface area contributed by atoms with Crippen LogP contribution in [0.5, 0.6) is 5.75 Å². The van der Waals surface area contributed by atoms with Gasteiger partial charge in [0.2, 0.25) is 0 Å². The van der Waals surface area contributed by atoms with Crippen molar-refractivity contribution in [2.45, 2.75) is 38.1 Å². The molecule has 2 aromatic rings. The summed E-state index contributed by atoms with van der Waals surface area (Å²) in [7, 11) is 1.64. The van der Waals surface area contributed by atoms with Gasteiger partial charge in [-0.2, -0.15) is 0 Å². The minimum Gasteiger partial charge on any atom is -0.497 e. The summed E-state index contributed by atoms with van der Waals surface area (Å²) in [5.41, 5.74) is 10.0. The first kappa shape index (κ1) is 15.9. The van der Waals surface area contributed by atoms with Crippen LogP contribution in [-0.4, -0.2) is 13.2 Å². The second-order valence-electron chi connectivity index (χ2n) is 6.30. The average Bonchev–Trinajstić information content (AvgIpc) is 2.65. The zero-order valence-electron chi connectivity index (χ0n) is 13.4. The number of methoxy groups -OCH3 is 1. The van der Waals surface area contributed by atoms with Gasteiger partial charge in [-0.3, -0.25) is 0 Å². The highest BCUT2D eigenvalue weighted by Crippen LogP contribution is 2.39. The molecule has 0 spiro atoms. The highest BCUT2D eigenvalue weighted by atomic mass is 19.2. The van der Waals surface area contributed by atoms with E-state index in [1.165, 1.54) is 12.1 Å². The fraction of sp³-hybridized carbons (Fsp3) is 0.368. The standard InChI is InChI=1S/C19H21F2NO/c1-11(22)7-17-15-6-5-14(23-2)8-12(15)3-4-13-9-18(20)19(21)10-16(13)17/h5-6,8-11,17H,3-4,7,22H2,1-2H3. The molecule has 2 aromatic carbocycles. The van der Waals surface area contributed by atoms with E-state index < -0.39 is 11.6 Å². The lowest BCUT2D eigenvalue weighted by atomic mass is 9.83. The minimum absolute atomic E-state index is 0.0245. The molecule has 23 heavy (non-hydrogen) atoms. The Kier molecular flexibility index (Phi) is 4.35. The molecule has 0 amide bonds. The number of halogens is 2. The Balaban J connectivity index is 2.16. The summed E-state index contributed by atoms with van der Waals surface area (Å²) in [5, 5.41) is 0. The number of nitrogens with two attached hydrogens (primary N) is 1. The molecule has 2 unspecified atom stereocenters. The molecule has 4 heteroatoms. The molecule has 122 valence electrons. The van der Waals surface area contributed by atoms with E-state index in [1.807, 2.05) is 25.1 Å². The molecule has 0 saturated carbocycles. The van der Waals surface area contributed by atoms with Crippen LogP contribution in [0.2, 0.25) is 0 Å². The van der Waals surface area contributed by atoms with Crippen molar-refractivity contribution < 1.29 is 13.5 Å². The second kappa shape index (κ2) is 6.28. The summed E-state index contributed by atoms with van der Waals surface area (Å²) in [6.45, 7) is 1.94. The van der Waals surface area contributed by atoms with Gasteiger partial charge in [0.15, 0.2) is 11.6 Å². The molecule has 0 bridgehead atoms. The van der Waals surface area contributed by atoms with Crippen LogP contribution in [0.3, 0.4) is 0 Å². The summed E-state index contributed by atoms with van der Waals surface area (Å²) in [4.78, 5) is 0. The first-order valence-corrected chi connectivity index (χ1v) is 7.89. The van der Waals surface area contributed by atoms with Crippen molar-refractivity contribution in [3.8, 4) is 5.75 Å². The van der Waals surface area contributed by atoms with Crippen molar-refractivity contribution >= 4 is 0 Å². The van der Waals surface area contributed by atoms with Gasteiger partial charge < -0.3 is 10.5 Å². The minimum atomic E-state index is -0.796. The van der Waals surface area contributed by atoms with Gasteiger partial charge >= 0.3 is 0 Å². The number of rotatable bonds is 3. The van der Waals surface area contributed by atoms with Crippen molar-refractivity contribution in [2.75, 3.05) is 7.11 Å². The maximum atomic E-state index is 13.8. The van der Waals surface area contributed by atoms with E-state index in [9.17, 15) is 8.78 Å². The average molecular weight is 317 g/mol. The van der Waals surface area contributed by atoms with Crippen LogP contribution in [0.25, 0.3) is 0 Å². The summed E-state index contributed by atoms with van der Waals surface area (Å²) in [6, 6.07) is 8.60. The maximum Gasteiger partial charge on any atom is 0.159 e. The third-order valence-corrected chi connectivity index (χ3v) is 4.55. The lowest BCUT2D eigenvalue weighted by molar-refractivity contribution is 0.414. The van der Waals surface area contributed by atoms with Crippen LogP contribution in [0.15, 0.2) is 30.3 Å². The van der Waals surface area contributed by atoms with Gasteiger partial charge in [0.1, 0.15) is 5.75 Å². The Morgan fingerprint density at radius 3 is 2.39 bits per heavy atom. The fourth-order valence-corrected chi connectivity index (χ4v) is 3.47. The molecule has 3 rings (SSSR count). The largest absolute Gasteiger partial charge is 0.497 e. The Hall–Kier alpha value is -1.94. The van der Waals surface area contributed by atoms with Crippen molar-refractivity contribution in [1.82, 2.24) is 0 Å². The molecule has 0 aromatic heterocycles. The number of aryl methyl sites for hydroxylation is 2. The second-order valence-corrected chi connectivity index (χ2v) is 6.30. The van der Waals surface area contributed by atoms with E-state index in [0.29, 0.717) is 12.8 Å². The van der Waals surface area contributed by atoms with Crippen molar-refractivity contribution in [3.05, 3.63) is 64.2 Å². The van der Waals surface area contributed by atoms with E-state index >= 15 is 0 Å². The van der Waals surface area contributed by atoms with Gasteiger partial charge in [-0.25, -0.2) is 8.78 Å². The molecule has 0 heterocycles. The quantitative estimate of drug-likeness (QED) is 0.930. The number of fused-ring (bicyclic) bond motifs is 2. The predicted octanol–water partition coefficient (Wildman–Crippen LogP) is 3.94. The van der Waals surface area contributed by atoms with Crippen molar-refractivity contribution in [3.63, 3.8) is 0 Å². The third-order valence-electron chi connectivity index (χ3n) is 4.55. The van der Waals surface area contributed by atoms with Crippen molar-refractivity contribution in [1.29, 1.82) is 0 Å². The molecule has 2 atom stereocenters. The number of hydrogen-bond donors (Lipinski definition) is 1. The lowest BCUT2D eigenvalue weighted by Crippen LogP contribution is -2.20. The van der Waals surface area contributed by atoms with Crippen molar-refractivity contribution in [2.24, 2.45) is 5.73 Å². The molecule has 1 aliphatic rings. The third kappa shape index (κ3) is 3.08. The number of hydrogen-bond acceptors (Lipinski definition) is 2. The van der Waals surface area contributed by atoms with Gasteiger partial charge in [0.25, 0.3) is 0 Å². The van der Waals surface area contributed by atoms with Crippen LogP contribution in [0.4, 0.5) is 8.78 Å². The molecular formula is C19H21F2NO. The van der Waals surface area contributed by atoms with Gasteiger partial charge in [-0.15, -0.1) is 0 Å². The number of ether oxygens (including phenoxy) is 1. The van der Waals surface area contributed by atoms with Gasteiger partial charge in [0.05, 0.1) is 7.11 Å². The molecular weight excluding hydrogens is 296 g/mol. The van der Waals surface area contributed by atoms with Gasteiger partial charge in [-0.1, -0.05) is 6.07 Å². The molecule has 1 aliphatic carbocycles. The normalized spacial score (nSPS) is 17.9. The predicted molar refractivity (Wildman–Crippen MR) is 86.9 cm³/mol. The molecule has 2 N–H and O–H groups in total. The maximum absolute atomic E-state index is 13.8. The van der Waals surface area contributed by atoms with E-state index in [0.717, 1.165) is 34.4 Å². The molecule has 0 saturated heterocycles. The van der Waals surface area contributed by atoms with Gasteiger partial charge in [0, 0.05) is 12.0 Å². The van der Waals surface area contributed by atoms with E-state index in [2.05, 4.69) is 0 Å². The van der Waals surface area contributed by atoms with Gasteiger partial charge in [-0.05, 0) is 72.7 Å². The summed E-state index contributed by atoms with van der Waals surface area (Å²) in [6.07, 6.45) is 2.15. The van der Waals surface area contributed by atoms with Crippen LogP contribution in [0.1, 0.15) is 41.5 Å². The van der Waals surface area contributed by atoms with E-state index in [1.54, 1.807) is 7.11 Å². The first-order valence-electron chi connectivity index (χ1n) is 7.89. The Morgan fingerprint density at radius 2 is 1.74 bits per heavy atom. The lowest BCUT2D eigenvalue weighted by Gasteiger charge is -2.22. The SMILES string of the molecule is COc1ccc2c(c1)CCc1cc(F)c(F)cc1C2CC(C)N. The summed E-state index contributed by atoms with van der Waals surface area (Å²) >= 11 is 0. The van der Waals surface area contributed by atoms with E-state index in [-0.39, 0.29) is 12.0 Å². The zero-order chi connectivity index (χ0) is 16.6. The molecule has 0 radical (unpaired) electrons. The number of benzene rings is 2. The summed E-state index contributed by atoms with van der Waals surface area (Å²) in [5.74, 6) is -0.808. The molecule has 2 nitrogen and oxygen atoms in total. The first-order chi connectivity index (χ1) is 11.0. The van der Waals surface area contributed by atoms with Crippen LogP contribution in [-0.2, 0) is 12.8 Å². The van der Waals surface area contributed by atoms with Crippen LogP contribution >= 0.6 is 0 Å². The topological polar surface area (TPSA) is 35.2 Å². The fourth-order valence-electron chi connectivity index (χ4n) is 3.47. The zero-order valence-corrected chi connectivity index (χ0v) is 13.4. The smallest absolute Gasteiger partial charge is 0.159 e. The molecule has 0 aliphatic heterocycles. The molecule has 0 fully saturated rings. The highest BCUT2D eigenvalue weighted by molar-refractivity contribution is 5.47. The van der Waals surface area contributed by atoms with Crippen LogP contribution in [0, 0.1) is 11.6 Å². The van der Waals surface area contributed by atoms with Crippen LogP contribution < -0.4 is 10.5 Å². The highest BCUT2D eigenvalue weighted by Gasteiger charge is 2.26. The monoisotopic (exact) mass is 317 g/mol. The Morgan fingerprint density at radius 1 is 1.09 bits per heavy atom.